The van der Waals surface area contributed by atoms with E-state index < -0.39 is 72.9 Å². The highest BCUT2D eigenvalue weighted by atomic mass is 19.4. The number of hydrogen-bond acceptors (Lipinski definition) is 8. The zero-order valence-corrected chi connectivity index (χ0v) is 19.0. The molecule has 2 fully saturated rings. The molecule has 2 amide bonds. The third-order valence-corrected chi connectivity index (χ3v) is 6.02. The monoisotopic (exact) mass is 540 g/mol. The van der Waals surface area contributed by atoms with Crippen molar-refractivity contribution in [1.29, 1.82) is 0 Å². The van der Waals surface area contributed by atoms with Gasteiger partial charge in [0.1, 0.15) is 12.2 Å². The zero-order valence-electron chi connectivity index (χ0n) is 19.0. The van der Waals surface area contributed by atoms with Crippen molar-refractivity contribution in [2.75, 3.05) is 13.2 Å². The maximum absolute atomic E-state index is 12.4. The highest BCUT2D eigenvalue weighted by Gasteiger charge is 2.44. The number of amides is 2. The lowest BCUT2D eigenvalue weighted by Crippen LogP contribution is -2.54. The van der Waals surface area contributed by atoms with Crippen molar-refractivity contribution in [2.24, 2.45) is 0 Å². The minimum Gasteiger partial charge on any atom is -0.390 e. The predicted molar refractivity (Wildman–Crippen MR) is 107 cm³/mol. The lowest BCUT2D eigenvalue weighted by Gasteiger charge is -2.37. The number of nitrogens with one attached hydrogen (secondary N) is 2. The van der Waals surface area contributed by atoms with Gasteiger partial charge < -0.3 is 40.5 Å². The number of hydrogen-bond donors (Lipinski definition) is 6. The van der Waals surface area contributed by atoms with Gasteiger partial charge in [0.15, 0.2) is 0 Å². The van der Waals surface area contributed by atoms with Gasteiger partial charge in [0.2, 0.25) is 0 Å². The van der Waals surface area contributed by atoms with Gasteiger partial charge in [-0.3, -0.25) is 9.59 Å². The first kappa shape index (κ1) is 30.5. The number of alkyl halides is 6. The summed E-state index contributed by atoms with van der Waals surface area (Å²) in [4.78, 5) is 22.2. The molecule has 0 saturated heterocycles. The van der Waals surface area contributed by atoms with Crippen LogP contribution in [-0.4, -0.2) is 107 Å². The van der Waals surface area contributed by atoms with Crippen LogP contribution in [0.15, 0.2) is 0 Å². The minimum atomic E-state index is -5.09. The van der Waals surface area contributed by atoms with Gasteiger partial charge >= 0.3 is 24.2 Å². The summed E-state index contributed by atoms with van der Waals surface area (Å²) in [5.41, 5.74) is 0. The van der Waals surface area contributed by atoms with Crippen LogP contribution in [-0.2, 0) is 19.1 Å². The molecule has 0 aromatic carbocycles. The second kappa shape index (κ2) is 12.7. The van der Waals surface area contributed by atoms with E-state index >= 15 is 0 Å². The van der Waals surface area contributed by atoms with Crippen molar-refractivity contribution in [1.82, 2.24) is 10.6 Å². The van der Waals surface area contributed by atoms with E-state index in [0.717, 1.165) is 0 Å². The van der Waals surface area contributed by atoms with Gasteiger partial charge in [-0.2, -0.15) is 26.3 Å². The maximum atomic E-state index is 12.4. The summed E-state index contributed by atoms with van der Waals surface area (Å²) in [7, 11) is 0. The number of unbranched alkanes of at least 4 members (excludes halogenated alkanes) is 1. The molecule has 0 radical (unpaired) electrons. The third kappa shape index (κ3) is 8.99. The molecule has 2 aliphatic carbocycles. The zero-order chi connectivity index (χ0) is 27.3. The number of carbonyl (C=O) groups excluding carboxylic acids is 2. The predicted octanol–water partition coefficient (Wildman–Crippen LogP) is -0.338. The van der Waals surface area contributed by atoms with Gasteiger partial charge in [-0.15, -0.1) is 0 Å². The Hall–Kier alpha value is -1.72. The molecular weight excluding hydrogens is 510 g/mol. The van der Waals surface area contributed by atoms with Gasteiger partial charge in [-0.05, 0) is 38.5 Å². The average molecular weight is 540 g/mol. The summed E-state index contributed by atoms with van der Waals surface area (Å²) in [6.07, 6.45) is -18.1. The molecule has 6 N–H and O–H groups in total. The second-order valence-electron chi connectivity index (χ2n) is 8.92. The number of rotatable bonds is 9. The van der Waals surface area contributed by atoms with Crippen LogP contribution < -0.4 is 10.6 Å². The largest absolute Gasteiger partial charge is 0.471 e. The van der Waals surface area contributed by atoms with Crippen LogP contribution in [0.5, 0.6) is 0 Å². The fourth-order valence-corrected chi connectivity index (χ4v) is 4.17. The number of ether oxygens (including phenoxy) is 2. The Kier molecular flexibility index (Phi) is 10.8. The van der Waals surface area contributed by atoms with Crippen molar-refractivity contribution in [2.45, 2.75) is 99.6 Å². The Morgan fingerprint density at radius 3 is 1.31 bits per heavy atom. The third-order valence-electron chi connectivity index (χ3n) is 6.02. The van der Waals surface area contributed by atoms with Crippen molar-refractivity contribution in [3.05, 3.63) is 0 Å². The van der Waals surface area contributed by atoms with E-state index in [4.69, 9.17) is 9.47 Å². The molecule has 0 unspecified atom stereocenters. The molecule has 2 saturated carbocycles. The maximum Gasteiger partial charge on any atom is 0.471 e. The first-order valence-corrected chi connectivity index (χ1v) is 11.3. The molecule has 10 nitrogen and oxygen atoms in total. The Bertz CT molecular complexity index is 680. The standard InChI is InChI=1S/C20H30F6N2O8/c21-19(22,23)17(33)27-9-5-11(29)15(31)13(7-9)35-3-1-2-4-36-14-8-10(6-12(30)16(14)32)28-18(34)20(24,25)26/h9-16,29-32H,1-8H2,(H,27,33)(H,28,34)/t9-,10-,11+,12+,13+,14+,15+,16+/m0/s1. The van der Waals surface area contributed by atoms with Crippen LogP contribution in [0.2, 0.25) is 0 Å². The Labute approximate surface area is 201 Å². The van der Waals surface area contributed by atoms with E-state index in [1.165, 1.54) is 0 Å². The summed E-state index contributed by atoms with van der Waals surface area (Å²) in [6.45, 7) is -0.00426. The molecule has 0 aromatic heterocycles. The van der Waals surface area contributed by atoms with Crippen LogP contribution >= 0.6 is 0 Å². The van der Waals surface area contributed by atoms with Gasteiger partial charge in [0.05, 0.1) is 24.4 Å². The molecule has 0 heterocycles. The molecule has 36 heavy (non-hydrogen) atoms. The second-order valence-corrected chi connectivity index (χ2v) is 8.92. The van der Waals surface area contributed by atoms with Crippen molar-refractivity contribution >= 4 is 11.8 Å². The molecule has 210 valence electrons. The molecule has 8 atom stereocenters. The van der Waals surface area contributed by atoms with Gasteiger partial charge in [-0.25, -0.2) is 0 Å². The first-order chi connectivity index (χ1) is 16.6. The summed E-state index contributed by atoms with van der Waals surface area (Å²) >= 11 is 0. The fraction of sp³-hybridized carbons (Fsp3) is 0.900. The summed E-state index contributed by atoms with van der Waals surface area (Å²) in [5.74, 6) is -4.33. The quantitative estimate of drug-likeness (QED) is 0.171. The molecular formula is C20H30F6N2O8. The van der Waals surface area contributed by atoms with Crippen molar-refractivity contribution in [3.63, 3.8) is 0 Å². The molecule has 0 aromatic rings. The van der Waals surface area contributed by atoms with Gasteiger partial charge in [0, 0.05) is 25.3 Å². The SMILES string of the molecule is O=C(N[C@H]1C[C@@H](O)[C@@H](O)[C@H](OCCCCO[C@@H]2C[C@@H](NC(=O)C(F)(F)F)C[C@@H](O)[C@H]2O)C1)C(F)(F)F. The number of halogens is 6. The Balaban J connectivity index is 1.73. The molecule has 16 heteroatoms. The normalized spacial score (nSPS) is 33.7. The number of aliphatic hydroxyl groups is 4. The summed E-state index contributed by atoms with van der Waals surface area (Å²) in [6, 6.07) is -2.12. The molecule has 0 aliphatic heterocycles. The topological polar surface area (TPSA) is 158 Å². The lowest BCUT2D eigenvalue weighted by atomic mass is 9.88. The van der Waals surface area contributed by atoms with Crippen LogP contribution in [0.3, 0.4) is 0 Å². The average Bonchev–Trinajstić information content (AvgIpc) is 2.75. The number of carbonyl (C=O) groups is 2. The van der Waals surface area contributed by atoms with Gasteiger partial charge in [0.25, 0.3) is 0 Å². The Morgan fingerprint density at radius 2 is 1.00 bits per heavy atom. The fourth-order valence-electron chi connectivity index (χ4n) is 4.17. The van der Waals surface area contributed by atoms with Crippen LogP contribution in [0, 0.1) is 0 Å². The summed E-state index contributed by atoms with van der Waals surface area (Å²) in [5, 5.41) is 43.3. The smallest absolute Gasteiger partial charge is 0.390 e. The van der Waals surface area contributed by atoms with Crippen molar-refractivity contribution in [3.8, 4) is 0 Å². The van der Waals surface area contributed by atoms with E-state index in [9.17, 15) is 56.4 Å². The summed E-state index contributed by atoms with van der Waals surface area (Å²) < 4.78 is 85.5. The highest BCUT2D eigenvalue weighted by Crippen LogP contribution is 2.26. The van der Waals surface area contributed by atoms with E-state index in [1.807, 2.05) is 0 Å². The number of aliphatic hydroxyl groups excluding tert-OH is 4. The van der Waals surface area contributed by atoms with Crippen LogP contribution in [0.25, 0.3) is 0 Å². The van der Waals surface area contributed by atoms with E-state index in [1.54, 1.807) is 10.6 Å². The molecule has 0 bridgehead atoms. The highest BCUT2D eigenvalue weighted by molar-refractivity contribution is 5.82. The molecule has 2 rings (SSSR count). The van der Waals surface area contributed by atoms with E-state index in [0.29, 0.717) is 12.8 Å². The van der Waals surface area contributed by atoms with Crippen molar-refractivity contribution < 1.29 is 65.8 Å². The Morgan fingerprint density at radius 1 is 0.667 bits per heavy atom. The van der Waals surface area contributed by atoms with E-state index in [-0.39, 0.29) is 38.9 Å². The van der Waals surface area contributed by atoms with Crippen LogP contribution in [0.1, 0.15) is 38.5 Å². The molecule has 2 aliphatic rings. The first-order valence-electron chi connectivity index (χ1n) is 11.3. The van der Waals surface area contributed by atoms with Crippen LogP contribution in [0.4, 0.5) is 26.3 Å². The minimum absolute atomic E-state index is 0.00213. The molecule has 0 spiro atoms. The lowest BCUT2D eigenvalue weighted by molar-refractivity contribution is -0.177. The van der Waals surface area contributed by atoms with Gasteiger partial charge in [-0.1, -0.05) is 0 Å². The van der Waals surface area contributed by atoms with E-state index in [2.05, 4.69) is 0 Å².